The number of rotatable bonds is 3. The molecule has 0 spiro atoms. The summed E-state index contributed by atoms with van der Waals surface area (Å²) in [7, 11) is 1.58. The first-order chi connectivity index (χ1) is 13.6. The van der Waals surface area contributed by atoms with E-state index in [2.05, 4.69) is 6.92 Å². The lowest BCUT2D eigenvalue weighted by atomic mass is 9.81. The SMILES string of the molecule is COc1cccc([C@H]2C[C@@](C)([NH+]3CCCC3)Oc3cc4c(cc32)OCO4)c1O. The zero-order valence-electron chi connectivity index (χ0n) is 16.3. The molecule has 2 atom stereocenters. The maximum Gasteiger partial charge on any atom is 0.239 e. The first-order valence-electron chi connectivity index (χ1n) is 9.92. The average molecular weight is 384 g/mol. The molecule has 5 rings (SSSR count). The summed E-state index contributed by atoms with van der Waals surface area (Å²) >= 11 is 0. The summed E-state index contributed by atoms with van der Waals surface area (Å²) < 4.78 is 23.1. The Morgan fingerprint density at radius 1 is 1.07 bits per heavy atom. The first-order valence-corrected chi connectivity index (χ1v) is 9.92. The number of hydrogen-bond donors (Lipinski definition) is 2. The predicted octanol–water partition coefficient (Wildman–Crippen LogP) is 2.44. The molecule has 1 saturated heterocycles. The molecular formula is C22H26NO5+. The number of hydrogen-bond acceptors (Lipinski definition) is 5. The normalized spacial score (nSPS) is 26.0. The topological polar surface area (TPSA) is 61.6 Å². The van der Waals surface area contributed by atoms with Crippen molar-refractivity contribution in [1.82, 2.24) is 0 Å². The third-order valence-electron chi connectivity index (χ3n) is 6.39. The average Bonchev–Trinajstić information content (AvgIpc) is 3.38. The fourth-order valence-corrected chi connectivity index (χ4v) is 4.89. The monoisotopic (exact) mass is 384 g/mol. The summed E-state index contributed by atoms with van der Waals surface area (Å²) in [5, 5.41) is 10.9. The van der Waals surface area contributed by atoms with Gasteiger partial charge >= 0.3 is 0 Å². The van der Waals surface area contributed by atoms with Crippen LogP contribution in [-0.4, -0.2) is 37.8 Å². The summed E-state index contributed by atoms with van der Waals surface area (Å²) in [6.07, 6.45) is 3.21. The number of nitrogens with one attached hydrogen (secondary N) is 1. The second-order valence-corrected chi connectivity index (χ2v) is 8.04. The van der Waals surface area contributed by atoms with Crippen LogP contribution >= 0.6 is 0 Å². The van der Waals surface area contributed by atoms with Crippen molar-refractivity contribution >= 4 is 0 Å². The van der Waals surface area contributed by atoms with Crippen LogP contribution in [0.1, 0.15) is 43.2 Å². The molecule has 0 aromatic heterocycles. The van der Waals surface area contributed by atoms with Gasteiger partial charge in [0, 0.05) is 42.9 Å². The van der Waals surface area contributed by atoms with Crippen LogP contribution < -0.4 is 23.8 Å². The maximum atomic E-state index is 10.9. The summed E-state index contributed by atoms with van der Waals surface area (Å²) in [5.74, 6) is 2.91. The van der Waals surface area contributed by atoms with Crippen molar-refractivity contribution in [2.24, 2.45) is 0 Å². The van der Waals surface area contributed by atoms with Gasteiger partial charge in [-0.3, -0.25) is 4.90 Å². The Labute approximate surface area is 164 Å². The van der Waals surface area contributed by atoms with Crippen molar-refractivity contribution in [3.8, 4) is 28.7 Å². The van der Waals surface area contributed by atoms with Crippen LogP contribution in [0.5, 0.6) is 28.7 Å². The van der Waals surface area contributed by atoms with Crippen molar-refractivity contribution < 1.29 is 29.0 Å². The number of quaternary nitrogens is 1. The van der Waals surface area contributed by atoms with Crippen molar-refractivity contribution in [2.75, 3.05) is 27.0 Å². The van der Waals surface area contributed by atoms with Gasteiger partial charge in [-0.2, -0.15) is 0 Å². The zero-order valence-corrected chi connectivity index (χ0v) is 16.3. The minimum Gasteiger partial charge on any atom is -0.504 e. The van der Waals surface area contributed by atoms with Crippen LogP contribution in [0.4, 0.5) is 0 Å². The van der Waals surface area contributed by atoms with Gasteiger partial charge in [-0.25, -0.2) is 0 Å². The number of ether oxygens (including phenoxy) is 4. The Balaban J connectivity index is 1.65. The van der Waals surface area contributed by atoms with Gasteiger partial charge in [-0.05, 0) is 12.1 Å². The molecule has 3 aliphatic heterocycles. The molecule has 28 heavy (non-hydrogen) atoms. The molecule has 3 heterocycles. The molecule has 3 aliphatic rings. The maximum absolute atomic E-state index is 10.9. The highest BCUT2D eigenvalue weighted by Crippen LogP contribution is 2.50. The van der Waals surface area contributed by atoms with Gasteiger partial charge in [0.15, 0.2) is 23.0 Å². The summed E-state index contributed by atoms with van der Waals surface area (Å²) in [6.45, 7) is 4.62. The molecule has 0 aliphatic carbocycles. The molecule has 148 valence electrons. The third-order valence-corrected chi connectivity index (χ3v) is 6.39. The Hall–Kier alpha value is -2.60. The van der Waals surface area contributed by atoms with Crippen molar-refractivity contribution in [3.63, 3.8) is 0 Å². The molecule has 6 heteroatoms. The summed E-state index contributed by atoms with van der Waals surface area (Å²) in [5.41, 5.74) is 1.51. The number of fused-ring (bicyclic) bond motifs is 2. The number of phenols is 1. The molecule has 0 radical (unpaired) electrons. The fraction of sp³-hybridized carbons (Fsp3) is 0.455. The van der Waals surface area contributed by atoms with E-state index in [1.807, 2.05) is 24.3 Å². The van der Waals surface area contributed by atoms with Gasteiger partial charge in [0.25, 0.3) is 0 Å². The van der Waals surface area contributed by atoms with Crippen molar-refractivity contribution in [2.45, 2.75) is 37.8 Å². The Kier molecular flexibility index (Phi) is 4.05. The molecule has 0 amide bonds. The van der Waals surface area contributed by atoms with E-state index in [4.69, 9.17) is 18.9 Å². The van der Waals surface area contributed by atoms with Crippen molar-refractivity contribution in [1.29, 1.82) is 0 Å². The van der Waals surface area contributed by atoms with E-state index >= 15 is 0 Å². The van der Waals surface area contributed by atoms with Crippen LogP contribution in [0.25, 0.3) is 0 Å². The number of phenolic OH excluding ortho intramolecular Hbond substituents is 1. The zero-order chi connectivity index (χ0) is 19.3. The molecule has 0 bridgehead atoms. The van der Waals surface area contributed by atoms with Crippen LogP contribution in [0.3, 0.4) is 0 Å². The lowest BCUT2D eigenvalue weighted by molar-refractivity contribution is -0.962. The number of aromatic hydroxyl groups is 1. The smallest absolute Gasteiger partial charge is 0.239 e. The molecule has 6 nitrogen and oxygen atoms in total. The lowest BCUT2D eigenvalue weighted by Crippen LogP contribution is -3.19. The highest BCUT2D eigenvalue weighted by molar-refractivity contribution is 5.58. The lowest BCUT2D eigenvalue weighted by Gasteiger charge is -2.42. The predicted molar refractivity (Wildman–Crippen MR) is 103 cm³/mol. The van der Waals surface area contributed by atoms with Gasteiger partial charge in [0.05, 0.1) is 26.6 Å². The Morgan fingerprint density at radius 3 is 2.57 bits per heavy atom. The molecule has 1 fully saturated rings. The Morgan fingerprint density at radius 2 is 1.82 bits per heavy atom. The van der Waals surface area contributed by atoms with Gasteiger partial charge in [-0.15, -0.1) is 0 Å². The standard InChI is InChI=1S/C22H25NO5/c1-22(23-8-3-4-9-23)12-16(14-6-5-7-17(25-2)21(14)24)15-10-19-20(27-13-26-19)11-18(15)28-22/h5-7,10-11,16,24H,3-4,8-9,12-13H2,1-2H3/p+1/t16-,22+/m1/s1. The van der Waals surface area contributed by atoms with Gasteiger partial charge in [-0.1, -0.05) is 12.1 Å². The minimum absolute atomic E-state index is 0.0218. The molecule has 0 unspecified atom stereocenters. The number of likely N-dealkylation sites (tertiary alicyclic amines) is 1. The van der Waals surface area contributed by atoms with Gasteiger partial charge in [0.1, 0.15) is 5.75 Å². The van der Waals surface area contributed by atoms with Crippen molar-refractivity contribution in [3.05, 3.63) is 41.5 Å². The molecule has 2 aromatic carbocycles. The van der Waals surface area contributed by atoms with E-state index in [0.717, 1.165) is 42.1 Å². The van der Waals surface area contributed by atoms with Crippen LogP contribution in [0.15, 0.2) is 30.3 Å². The van der Waals surface area contributed by atoms with Crippen LogP contribution in [0, 0.1) is 0 Å². The quantitative estimate of drug-likeness (QED) is 0.851. The number of benzene rings is 2. The van der Waals surface area contributed by atoms with Gasteiger partial charge in [0.2, 0.25) is 12.5 Å². The third kappa shape index (κ3) is 2.66. The van der Waals surface area contributed by atoms with E-state index in [1.54, 1.807) is 13.2 Å². The second kappa shape index (κ2) is 6.48. The largest absolute Gasteiger partial charge is 0.504 e. The van der Waals surface area contributed by atoms with E-state index < -0.39 is 0 Å². The molecule has 2 aromatic rings. The second-order valence-electron chi connectivity index (χ2n) is 8.04. The minimum atomic E-state index is -0.364. The molecule has 0 saturated carbocycles. The molecular weight excluding hydrogens is 358 g/mol. The summed E-state index contributed by atoms with van der Waals surface area (Å²) in [4.78, 5) is 1.46. The highest BCUT2D eigenvalue weighted by atomic mass is 16.7. The van der Waals surface area contributed by atoms with E-state index in [9.17, 15) is 5.11 Å². The van der Waals surface area contributed by atoms with Gasteiger partial charge < -0.3 is 24.1 Å². The van der Waals surface area contributed by atoms with Crippen LogP contribution in [-0.2, 0) is 0 Å². The number of methoxy groups -OCH3 is 1. The van der Waals surface area contributed by atoms with Crippen LogP contribution in [0.2, 0.25) is 0 Å². The molecule has 2 N–H and O–H groups in total. The van der Waals surface area contributed by atoms with E-state index in [1.165, 1.54) is 17.7 Å². The highest BCUT2D eigenvalue weighted by Gasteiger charge is 2.48. The fourth-order valence-electron chi connectivity index (χ4n) is 4.89. The Bertz CT molecular complexity index is 908. The summed E-state index contributed by atoms with van der Waals surface area (Å²) in [6, 6.07) is 9.62. The van der Waals surface area contributed by atoms with E-state index in [0.29, 0.717) is 11.5 Å². The number of para-hydroxylation sites is 1. The first kappa shape index (κ1) is 17.5. The van der Waals surface area contributed by atoms with E-state index in [-0.39, 0.29) is 24.2 Å².